The summed E-state index contributed by atoms with van der Waals surface area (Å²) < 4.78 is 86.8. The molecular formula is C58H122ClN2O22Si8+. The number of aliphatic hydroxyl groups is 7. The largest absolute Gasteiger partial charge is 0.415 e. The highest BCUT2D eigenvalue weighted by molar-refractivity contribution is 7.18. The average molecular weight is 1460 g/mol. The summed E-state index contributed by atoms with van der Waals surface area (Å²) in [6, 6.07) is 0. The van der Waals surface area contributed by atoms with Gasteiger partial charge < -0.3 is 105 Å². The lowest BCUT2D eigenvalue weighted by Gasteiger charge is -2.55. The van der Waals surface area contributed by atoms with Crippen LogP contribution in [-0.4, -0.2) is 285 Å². The van der Waals surface area contributed by atoms with Crippen LogP contribution in [0.5, 0.6) is 0 Å². The molecule has 0 aromatic rings. The second kappa shape index (κ2) is 35.5. The number of nitrogens with zero attached hydrogens (tertiary/aromatic N) is 2. The molecule has 7 N–H and O–H groups in total. The second-order valence-corrected chi connectivity index (χ2v) is 70.4. The Hall–Kier alpha value is -0.445. The van der Waals surface area contributed by atoms with Gasteiger partial charge in [-0.2, -0.15) is 11.1 Å². The average Bonchev–Trinajstić information content (AvgIpc) is 0.877. The summed E-state index contributed by atoms with van der Waals surface area (Å²) in [6.45, 7) is 63.3. The quantitative estimate of drug-likeness (QED) is 0.0199. The van der Waals surface area contributed by atoms with Gasteiger partial charge in [0.2, 0.25) is 18.4 Å². The van der Waals surface area contributed by atoms with E-state index in [1.807, 2.05) is 0 Å². The minimum absolute atomic E-state index is 0.0971. The molecule has 4 fully saturated rings. The SMILES string of the molecule is C=CCN(C(C)=O)[C@@H]1O[C@@H](CO[Si](C)(C)C)[C@@H](O[C@@H]2OC(CO[Si](C)(C)C)[C@@H](O[Si](C)(C)C)[C@H](O[Si](C)(C)C)C2O[Si](C)(C)C)C(O[Si](C)(C)C)C1O[Si](C)(C)C.C[Si](C)(C)Cl.[CH+]=CCN(C(C)=O)[C@@H]1O[C@@H](CO)[C@@H](O[C@@H]2OC(CO)[C@@H](O)[C@H](O)C2O)C(O)C1O. The van der Waals surface area contributed by atoms with E-state index in [1.165, 1.54) is 6.92 Å². The molecule has 24 nitrogen and oxygen atoms in total. The van der Waals surface area contributed by atoms with Crippen molar-refractivity contribution in [1.29, 1.82) is 0 Å². The summed E-state index contributed by atoms with van der Waals surface area (Å²) in [5.74, 6) is -0.655. The Morgan fingerprint density at radius 3 is 1.20 bits per heavy atom. The van der Waals surface area contributed by atoms with Crippen LogP contribution in [0.2, 0.25) is 157 Å². The molecule has 20 atom stereocenters. The van der Waals surface area contributed by atoms with Crippen LogP contribution in [0.3, 0.4) is 0 Å². The Labute approximate surface area is 558 Å². The topological polar surface area (TPSA) is 302 Å². The van der Waals surface area contributed by atoms with Crippen molar-refractivity contribution in [2.24, 2.45) is 0 Å². The van der Waals surface area contributed by atoms with Gasteiger partial charge in [0, 0.05) is 20.4 Å². The summed E-state index contributed by atoms with van der Waals surface area (Å²) in [7, 11) is -16.4. The highest BCUT2D eigenvalue weighted by atomic mass is 35.6. The van der Waals surface area contributed by atoms with Gasteiger partial charge in [-0.3, -0.25) is 9.59 Å². The zero-order valence-electron chi connectivity index (χ0n) is 59.8. The van der Waals surface area contributed by atoms with Gasteiger partial charge in [-0.05, 0) is 137 Å². The van der Waals surface area contributed by atoms with E-state index in [2.05, 4.69) is 164 Å². The highest BCUT2D eigenvalue weighted by Gasteiger charge is 2.58. The fourth-order valence-electron chi connectivity index (χ4n) is 9.99. The fraction of sp³-hybridized carbons (Fsp3) is 0.897. The number of rotatable bonds is 28. The number of carbonyl (C=O) groups is 2. The van der Waals surface area contributed by atoms with E-state index < -0.39 is 207 Å². The van der Waals surface area contributed by atoms with E-state index >= 15 is 0 Å². The molecule has 4 saturated heterocycles. The minimum atomic E-state index is -2.33. The number of carbonyl (C=O) groups excluding carboxylic acids is 2. The van der Waals surface area contributed by atoms with Crippen molar-refractivity contribution in [3.8, 4) is 0 Å². The van der Waals surface area contributed by atoms with Gasteiger partial charge >= 0.3 is 0 Å². The van der Waals surface area contributed by atoms with E-state index in [9.17, 15) is 45.3 Å². The summed E-state index contributed by atoms with van der Waals surface area (Å²) in [5, 5.41) is 69.6. The van der Waals surface area contributed by atoms with Gasteiger partial charge in [0.1, 0.15) is 105 Å². The van der Waals surface area contributed by atoms with Crippen molar-refractivity contribution in [1.82, 2.24) is 9.80 Å². The van der Waals surface area contributed by atoms with E-state index in [0.29, 0.717) is 6.61 Å². The number of aliphatic hydroxyl groups excluding tert-OH is 7. The third-order valence-corrected chi connectivity index (χ3v) is 20.3. The van der Waals surface area contributed by atoms with E-state index in [-0.39, 0.29) is 25.6 Å². The molecule has 4 aliphatic rings. The molecule has 0 aromatic heterocycles. The van der Waals surface area contributed by atoms with Crippen molar-refractivity contribution in [2.75, 3.05) is 39.5 Å². The zero-order chi connectivity index (χ0) is 70.7. The minimum Gasteiger partial charge on any atom is -0.415 e. The first-order valence-corrected chi connectivity index (χ1v) is 60.0. The lowest BCUT2D eigenvalue weighted by molar-refractivity contribution is -0.347. The molecule has 4 aliphatic heterocycles. The fourth-order valence-corrected chi connectivity index (χ4v) is 16.7. The predicted octanol–water partition coefficient (Wildman–Crippen LogP) is 6.17. The molecule has 4 heterocycles. The normalized spacial score (nSPS) is 33.2. The van der Waals surface area contributed by atoms with E-state index in [1.54, 1.807) is 17.9 Å². The molecule has 33 heteroatoms. The lowest BCUT2D eigenvalue weighted by atomic mass is 9.96. The molecule has 8 unspecified atom stereocenters. The van der Waals surface area contributed by atoms with E-state index in [0.717, 1.165) is 11.0 Å². The molecule has 0 saturated carbocycles. The van der Waals surface area contributed by atoms with Crippen molar-refractivity contribution in [3.63, 3.8) is 0 Å². The van der Waals surface area contributed by atoms with Gasteiger partial charge in [-0.25, -0.2) is 0 Å². The van der Waals surface area contributed by atoms with Gasteiger partial charge in [0.05, 0.1) is 33.0 Å². The standard InChI is InChI=1S/C38H85NO11Si7.C17H28NO11.C3H9ClSi/c1-24-25-39(28(2)40)37-35(49-56(18,19)20)33(47-54(12,13)14)31(29(43-37)26-41-51(3,4)5)45-38-36(50-57(21,22)23)34(48-55(15,16)17)32(46-53(9,10)11)30(44-38)27-42-52(6,7)8;1-3-4-18(7(2)21)16-13(25)12(24)15(9(6-20)27-16)29-17-14(26)11(23)10(22)8(5-19)28-17;1-5(2,3)4/h24,29-38H,1,25-27H2,2-23H3;1,3,8-17,19-20,22-26H,4-6H2,2H3;1-3H3/q;+1;/t29-,30?,31+,32+,33?,34-,35?,36?,37+,38-;8?,9-,10+,11-,12?,13?,14?,15+,16+,17-;/m00./s1. The van der Waals surface area contributed by atoms with Crippen LogP contribution < -0.4 is 0 Å². The van der Waals surface area contributed by atoms with Crippen LogP contribution in [-0.2, 0) is 69.0 Å². The van der Waals surface area contributed by atoms with Gasteiger partial charge in [0.25, 0.3) is 0 Å². The highest BCUT2D eigenvalue weighted by Crippen LogP contribution is 2.40. The lowest BCUT2D eigenvalue weighted by Crippen LogP contribution is -2.71. The molecule has 2 amide bonds. The summed E-state index contributed by atoms with van der Waals surface area (Å²) in [5.41, 5.74) is 0. The molecule has 0 spiro atoms. The Bertz CT molecular complexity index is 2220. The molecule has 534 valence electrons. The molecule has 0 bridgehead atoms. The van der Waals surface area contributed by atoms with Crippen molar-refractivity contribution in [3.05, 3.63) is 25.3 Å². The Kier molecular flexibility index (Phi) is 33.8. The third kappa shape index (κ3) is 30.3. The number of amides is 2. The van der Waals surface area contributed by atoms with Crippen LogP contribution >= 0.6 is 11.1 Å². The summed E-state index contributed by atoms with van der Waals surface area (Å²) in [6.07, 6.45) is -19.0. The number of hydrogen-bond acceptors (Lipinski definition) is 22. The van der Waals surface area contributed by atoms with Crippen molar-refractivity contribution in [2.45, 2.75) is 294 Å². The van der Waals surface area contributed by atoms with Crippen molar-refractivity contribution < 1.29 is 105 Å². The smallest absolute Gasteiger partial charge is 0.221 e. The Morgan fingerprint density at radius 1 is 0.440 bits per heavy atom. The van der Waals surface area contributed by atoms with Gasteiger partial charge in [-0.1, -0.05) is 25.7 Å². The van der Waals surface area contributed by atoms with Crippen LogP contribution in [0.25, 0.3) is 0 Å². The molecular weight excluding hydrogens is 1340 g/mol. The molecule has 4 rings (SSSR count). The third-order valence-electron chi connectivity index (χ3n) is 13.3. The maximum atomic E-state index is 13.4. The second-order valence-electron chi connectivity index (χ2n) is 31.5. The van der Waals surface area contributed by atoms with Crippen molar-refractivity contribution >= 4 is 88.5 Å². The summed E-state index contributed by atoms with van der Waals surface area (Å²) >= 11 is 5.67. The van der Waals surface area contributed by atoms with Gasteiger partial charge in [-0.15, -0.1) is 6.58 Å². The predicted molar refractivity (Wildman–Crippen MR) is 371 cm³/mol. The first-order chi connectivity index (χ1) is 41.1. The van der Waals surface area contributed by atoms with Crippen LogP contribution in [0, 0.1) is 6.58 Å². The number of hydrogen-bond donors (Lipinski definition) is 7. The number of ether oxygens (including phenoxy) is 6. The van der Waals surface area contributed by atoms with Crippen LogP contribution in [0.4, 0.5) is 0 Å². The first-order valence-electron chi connectivity index (χ1n) is 31.7. The molecule has 0 radical (unpaired) electrons. The van der Waals surface area contributed by atoms with Crippen LogP contribution in [0.1, 0.15) is 13.8 Å². The van der Waals surface area contributed by atoms with Crippen LogP contribution in [0.15, 0.2) is 18.7 Å². The van der Waals surface area contributed by atoms with E-state index in [4.69, 9.17) is 77.1 Å². The summed E-state index contributed by atoms with van der Waals surface area (Å²) in [4.78, 5) is 27.9. The Balaban J connectivity index is 0.000000686. The maximum absolute atomic E-state index is 13.4. The first kappa shape index (κ1) is 86.6. The monoisotopic (exact) mass is 1460 g/mol. The molecule has 0 aliphatic carbocycles. The van der Waals surface area contributed by atoms with Gasteiger partial charge in [0.15, 0.2) is 89.3 Å². The Morgan fingerprint density at radius 2 is 0.802 bits per heavy atom. The zero-order valence-corrected chi connectivity index (χ0v) is 68.5. The maximum Gasteiger partial charge on any atom is 0.221 e. The number of halogens is 1. The molecule has 0 aromatic carbocycles. The molecule has 91 heavy (non-hydrogen) atoms.